The van der Waals surface area contributed by atoms with E-state index < -0.39 is 11.9 Å². The Labute approximate surface area is 233 Å². The number of furan rings is 1. The minimum absolute atomic E-state index is 0.102. The van der Waals surface area contributed by atoms with Gasteiger partial charge >= 0.3 is 5.97 Å². The molecule has 0 bridgehead atoms. The minimum atomic E-state index is -1.06. The molecule has 2 heterocycles. The SMILES string of the molecule is CC1=NN(c2ccc(C(=O)O)cc2)C(=O)/C1=C/c1ccc(-c2ccc(Cl)c(C(=O)NCc3ccc(F)cc3)c2)o1. The Kier molecular flexibility index (Phi) is 7.31. The summed E-state index contributed by atoms with van der Waals surface area (Å²) in [6.07, 6.45) is 1.57. The third-order valence-electron chi connectivity index (χ3n) is 6.20. The Morgan fingerprint density at radius 1 is 1.05 bits per heavy atom. The maximum atomic E-state index is 13.1. The summed E-state index contributed by atoms with van der Waals surface area (Å²) in [5, 5.41) is 17.6. The molecule has 0 atom stereocenters. The van der Waals surface area contributed by atoms with E-state index in [1.165, 1.54) is 41.4 Å². The number of rotatable bonds is 7. The number of halogens is 2. The molecular weight excluding hydrogens is 537 g/mol. The highest BCUT2D eigenvalue weighted by molar-refractivity contribution is 6.34. The van der Waals surface area contributed by atoms with E-state index in [0.29, 0.717) is 34.1 Å². The summed E-state index contributed by atoms with van der Waals surface area (Å²) in [6, 6.07) is 20.0. The Balaban J connectivity index is 1.32. The van der Waals surface area contributed by atoms with Crippen LogP contribution in [-0.2, 0) is 11.3 Å². The number of carboxylic acids is 1. The van der Waals surface area contributed by atoms with E-state index in [1.54, 1.807) is 55.5 Å². The van der Waals surface area contributed by atoms with Gasteiger partial charge in [0, 0.05) is 12.1 Å². The zero-order valence-electron chi connectivity index (χ0n) is 21.0. The molecule has 0 saturated heterocycles. The summed E-state index contributed by atoms with van der Waals surface area (Å²) in [6.45, 7) is 1.89. The molecular formula is C30H21ClFN3O5. The fraction of sp³-hybridized carbons (Fsp3) is 0.0667. The monoisotopic (exact) mass is 557 g/mol. The Morgan fingerprint density at radius 2 is 1.77 bits per heavy atom. The smallest absolute Gasteiger partial charge is 0.335 e. The predicted octanol–water partition coefficient (Wildman–Crippen LogP) is 6.17. The number of amides is 2. The molecule has 3 aromatic carbocycles. The van der Waals surface area contributed by atoms with Crippen molar-refractivity contribution >= 4 is 46.9 Å². The molecule has 0 saturated carbocycles. The number of hydrazone groups is 1. The van der Waals surface area contributed by atoms with Crippen molar-refractivity contribution in [1.29, 1.82) is 0 Å². The summed E-state index contributed by atoms with van der Waals surface area (Å²) >= 11 is 6.29. The van der Waals surface area contributed by atoms with Crippen LogP contribution >= 0.6 is 11.6 Å². The first-order chi connectivity index (χ1) is 19.2. The lowest BCUT2D eigenvalue weighted by Crippen LogP contribution is -2.23. The quantitative estimate of drug-likeness (QED) is 0.264. The molecule has 0 unspecified atom stereocenters. The summed E-state index contributed by atoms with van der Waals surface area (Å²) in [5.74, 6) is -1.35. The van der Waals surface area contributed by atoms with Gasteiger partial charge in [0.15, 0.2) is 0 Å². The molecule has 0 fully saturated rings. The second-order valence-corrected chi connectivity index (χ2v) is 9.33. The molecule has 8 nitrogen and oxygen atoms in total. The van der Waals surface area contributed by atoms with Crippen LogP contribution in [-0.4, -0.2) is 28.6 Å². The van der Waals surface area contributed by atoms with Crippen molar-refractivity contribution in [3.8, 4) is 11.3 Å². The van der Waals surface area contributed by atoms with Crippen LogP contribution in [0.25, 0.3) is 17.4 Å². The molecule has 2 amide bonds. The largest absolute Gasteiger partial charge is 0.478 e. The predicted molar refractivity (Wildman–Crippen MR) is 149 cm³/mol. The first kappa shape index (κ1) is 26.6. The number of benzene rings is 3. The number of anilines is 1. The maximum absolute atomic E-state index is 13.1. The van der Waals surface area contributed by atoms with E-state index in [9.17, 15) is 18.8 Å². The second-order valence-electron chi connectivity index (χ2n) is 8.92. The summed E-state index contributed by atoms with van der Waals surface area (Å²) in [7, 11) is 0. The van der Waals surface area contributed by atoms with Crippen molar-refractivity contribution in [2.45, 2.75) is 13.5 Å². The molecule has 2 N–H and O–H groups in total. The Hall–Kier alpha value is -5.02. The van der Waals surface area contributed by atoms with Crippen LogP contribution in [0.3, 0.4) is 0 Å². The van der Waals surface area contributed by atoms with Gasteiger partial charge in [-0.25, -0.2) is 9.18 Å². The van der Waals surface area contributed by atoms with Gasteiger partial charge in [0.1, 0.15) is 17.3 Å². The van der Waals surface area contributed by atoms with Crippen molar-refractivity contribution in [1.82, 2.24) is 5.32 Å². The number of carbonyl (C=O) groups is 3. The molecule has 200 valence electrons. The van der Waals surface area contributed by atoms with Gasteiger partial charge in [0.05, 0.1) is 33.1 Å². The van der Waals surface area contributed by atoms with E-state index in [4.69, 9.17) is 21.1 Å². The molecule has 4 aromatic rings. The van der Waals surface area contributed by atoms with Gasteiger partial charge in [0.2, 0.25) is 0 Å². The van der Waals surface area contributed by atoms with Gasteiger partial charge in [0.25, 0.3) is 11.8 Å². The van der Waals surface area contributed by atoms with Crippen LogP contribution in [0.2, 0.25) is 5.02 Å². The molecule has 40 heavy (non-hydrogen) atoms. The minimum Gasteiger partial charge on any atom is -0.478 e. The van der Waals surface area contributed by atoms with Crippen LogP contribution in [0, 0.1) is 5.82 Å². The van der Waals surface area contributed by atoms with Crippen LogP contribution < -0.4 is 10.3 Å². The molecule has 0 aliphatic carbocycles. The normalized spacial score (nSPS) is 14.0. The number of hydrogen-bond acceptors (Lipinski definition) is 5. The fourth-order valence-corrected chi connectivity index (χ4v) is 4.27. The van der Waals surface area contributed by atoms with E-state index in [-0.39, 0.29) is 34.4 Å². The van der Waals surface area contributed by atoms with E-state index in [1.807, 2.05) is 0 Å². The molecule has 10 heteroatoms. The van der Waals surface area contributed by atoms with Crippen molar-refractivity contribution in [3.63, 3.8) is 0 Å². The standard InChI is InChI=1S/C30H21ClFN3O5/c1-17-24(29(37)35(34-17)22-9-4-19(5-10-22)30(38)39)15-23-11-13-27(40-23)20-6-12-26(31)25(14-20)28(36)33-16-18-2-7-21(32)8-3-18/h2-15H,16H2,1H3,(H,33,36)(H,38,39)/b24-15+. The van der Waals surface area contributed by atoms with Gasteiger partial charge in [-0.2, -0.15) is 10.1 Å². The van der Waals surface area contributed by atoms with Crippen molar-refractivity contribution in [2.75, 3.05) is 5.01 Å². The molecule has 0 spiro atoms. The number of nitrogens with one attached hydrogen (secondary N) is 1. The van der Waals surface area contributed by atoms with Crippen molar-refractivity contribution in [3.05, 3.63) is 118 Å². The topological polar surface area (TPSA) is 112 Å². The third kappa shape index (κ3) is 5.55. The van der Waals surface area contributed by atoms with Gasteiger partial charge < -0.3 is 14.8 Å². The third-order valence-corrected chi connectivity index (χ3v) is 6.53. The van der Waals surface area contributed by atoms with E-state index in [0.717, 1.165) is 5.56 Å². The highest BCUT2D eigenvalue weighted by atomic mass is 35.5. The highest BCUT2D eigenvalue weighted by Gasteiger charge is 2.29. The summed E-state index contributed by atoms with van der Waals surface area (Å²) in [5.41, 5.74) is 2.91. The van der Waals surface area contributed by atoms with Gasteiger partial charge in [-0.3, -0.25) is 9.59 Å². The number of hydrogen-bond donors (Lipinski definition) is 2. The first-order valence-corrected chi connectivity index (χ1v) is 12.4. The van der Waals surface area contributed by atoms with Crippen LogP contribution in [0.4, 0.5) is 10.1 Å². The molecule has 0 radical (unpaired) electrons. The van der Waals surface area contributed by atoms with Gasteiger partial charge in [-0.05, 0) is 85.3 Å². The molecule has 1 aromatic heterocycles. The zero-order valence-corrected chi connectivity index (χ0v) is 21.8. The number of aromatic carboxylic acids is 1. The number of carbonyl (C=O) groups excluding carboxylic acids is 2. The zero-order chi connectivity index (χ0) is 28.4. The maximum Gasteiger partial charge on any atom is 0.335 e. The number of carboxylic acid groups (broad SMARTS) is 1. The van der Waals surface area contributed by atoms with Crippen LogP contribution in [0.15, 0.2) is 94.0 Å². The first-order valence-electron chi connectivity index (χ1n) is 12.1. The lowest BCUT2D eigenvalue weighted by molar-refractivity contribution is -0.114. The van der Waals surface area contributed by atoms with Gasteiger partial charge in [-0.1, -0.05) is 23.7 Å². The molecule has 5 rings (SSSR count). The average molecular weight is 558 g/mol. The lowest BCUT2D eigenvalue weighted by Gasteiger charge is -2.11. The summed E-state index contributed by atoms with van der Waals surface area (Å²) in [4.78, 5) is 37.0. The van der Waals surface area contributed by atoms with E-state index in [2.05, 4.69) is 10.4 Å². The lowest BCUT2D eigenvalue weighted by atomic mass is 10.1. The Bertz CT molecular complexity index is 1690. The molecule has 1 aliphatic heterocycles. The summed E-state index contributed by atoms with van der Waals surface area (Å²) < 4.78 is 19.1. The van der Waals surface area contributed by atoms with Crippen LogP contribution in [0.1, 0.15) is 39.0 Å². The number of nitrogens with zero attached hydrogens (tertiary/aromatic N) is 2. The second kappa shape index (κ2) is 11.0. The average Bonchev–Trinajstić information content (AvgIpc) is 3.53. The fourth-order valence-electron chi connectivity index (χ4n) is 4.06. The van der Waals surface area contributed by atoms with Crippen molar-refractivity contribution in [2.24, 2.45) is 5.10 Å². The van der Waals surface area contributed by atoms with E-state index >= 15 is 0 Å². The van der Waals surface area contributed by atoms with Crippen LogP contribution in [0.5, 0.6) is 0 Å². The Morgan fingerprint density at radius 3 is 2.48 bits per heavy atom. The van der Waals surface area contributed by atoms with Crippen molar-refractivity contribution < 1.29 is 28.3 Å². The molecule has 1 aliphatic rings. The van der Waals surface area contributed by atoms with Gasteiger partial charge in [-0.15, -0.1) is 0 Å². The highest BCUT2D eigenvalue weighted by Crippen LogP contribution is 2.30.